The van der Waals surface area contributed by atoms with Crippen molar-refractivity contribution in [1.29, 1.82) is 0 Å². The third-order valence-corrected chi connectivity index (χ3v) is 5.13. The second-order valence-electron chi connectivity index (χ2n) is 7.19. The molecule has 0 aliphatic carbocycles. The average Bonchev–Trinajstić information content (AvgIpc) is 3.08. The number of amides is 1. The van der Waals surface area contributed by atoms with Crippen LogP contribution in [0.1, 0.15) is 22.7 Å². The molecule has 1 aromatic carbocycles. The maximum atomic E-state index is 13.0. The molecule has 1 aliphatic heterocycles. The van der Waals surface area contributed by atoms with Crippen LogP contribution in [-0.4, -0.2) is 38.3 Å². The van der Waals surface area contributed by atoms with Crippen molar-refractivity contribution in [3.05, 3.63) is 108 Å². The van der Waals surface area contributed by atoms with E-state index in [1.54, 1.807) is 60.9 Å². The first-order valence-corrected chi connectivity index (χ1v) is 10.0. The van der Waals surface area contributed by atoms with E-state index in [-0.39, 0.29) is 17.9 Å². The summed E-state index contributed by atoms with van der Waals surface area (Å²) in [5.74, 6) is -1.02. The third kappa shape index (κ3) is 4.13. The Bertz CT molecular complexity index is 1160. The number of nitrogens with zero attached hydrogens (tertiary/aromatic N) is 3. The summed E-state index contributed by atoms with van der Waals surface area (Å²) in [6.45, 7) is 4.16. The minimum absolute atomic E-state index is 0.0323. The summed E-state index contributed by atoms with van der Waals surface area (Å²) in [6, 6.07) is 13.1. The molecule has 160 valence electrons. The lowest BCUT2D eigenvalue weighted by Crippen LogP contribution is -2.29. The number of benzene rings is 1. The van der Waals surface area contributed by atoms with Crippen molar-refractivity contribution in [2.45, 2.75) is 12.6 Å². The Morgan fingerprint density at radius 1 is 1.06 bits per heavy atom. The van der Waals surface area contributed by atoms with E-state index in [1.165, 1.54) is 17.3 Å². The number of hydrogen-bond acceptors (Lipinski definition) is 6. The standard InChI is InChI=1S/C25H21N3O4/c1-2-14-32-20-7-5-18(6-8-20)22-21(23(29)19-9-12-26-13-10-19)24(30)25(31)28(22)16-17-4-3-11-27-15-17/h2-13,15,22,29H,1,14,16H2/b23-21+. The quantitative estimate of drug-likeness (QED) is 0.268. The normalized spacial score (nSPS) is 17.4. The molecule has 7 nitrogen and oxygen atoms in total. The van der Waals surface area contributed by atoms with Crippen molar-refractivity contribution in [3.63, 3.8) is 0 Å². The maximum absolute atomic E-state index is 13.0. The molecule has 4 rings (SSSR count). The molecule has 3 aromatic rings. The Morgan fingerprint density at radius 3 is 2.47 bits per heavy atom. The molecule has 1 N–H and O–H groups in total. The number of likely N-dealkylation sites (tertiary alicyclic amines) is 1. The van der Waals surface area contributed by atoms with E-state index in [0.29, 0.717) is 23.5 Å². The Kier molecular flexibility index (Phi) is 6.07. The van der Waals surface area contributed by atoms with E-state index < -0.39 is 17.7 Å². The number of aliphatic hydroxyl groups excluding tert-OH is 1. The van der Waals surface area contributed by atoms with Crippen molar-refractivity contribution in [2.75, 3.05) is 6.61 Å². The second kappa shape index (κ2) is 9.26. The minimum atomic E-state index is -0.767. The second-order valence-corrected chi connectivity index (χ2v) is 7.19. The monoisotopic (exact) mass is 427 g/mol. The Balaban J connectivity index is 1.80. The van der Waals surface area contributed by atoms with Gasteiger partial charge in [-0.2, -0.15) is 0 Å². The van der Waals surface area contributed by atoms with Gasteiger partial charge in [0.2, 0.25) is 0 Å². The first-order chi connectivity index (χ1) is 15.6. The van der Waals surface area contributed by atoms with Gasteiger partial charge < -0.3 is 14.7 Å². The van der Waals surface area contributed by atoms with Crippen molar-refractivity contribution >= 4 is 17.4 Å². The van der Waals surface area contributed by atoms with Crippen molar-refractivity contribution in [1.82, 2.24) is 14.9 Å². The number of carbonyl (C=O) groups is 2. The average molecular weight is 427 g/mol. The van der Waals surface area contributed by atoms with Crippen LogP contribution in [0.5, 0.6) is 5.75 Å². The van der Waals surface area contributed by atoms with Gasteiger partial charge in [-0.15, -0.1) is 0 Å². The molecule has 2 aromatic heterocycles. The molecule has 1 atom stereocenters. The summed E-state index contributed by atoms with van der Waals surface area (Å²) in [5, 5.41) is 11.0. The van der Waals surface area contributed by atoms with Crippen molar-refractivity contribution < 1.29 is 19.4 Å². The summed E-state index contributed by atoms with van der Waals surface area (Å²) < 4.78 is 5.54. The molecule has 1 amide bonds. The third-order valence-electron chi connectivity index (χ3n) is 5.13. The van der Waals surface area contributed by atoms with Crippen LogP contribution in [-0.2, 0) is 16.1 Å². The molecule has 1 fully saturated rings. The number of pyridine rings is 2. The van der Waals surface area contributed by atoms with E-state index in [1.807, 2.05) is 6.07 Å². The number of ether oxygens (including phenoxy) is 1. The topological polar surface area (TPSA) is 92.6 Å². The SMILES string of the molecule is C=CCOc1ccc(C2/C(=C(\O)c3ccncc3)C(=O)C(=O)N2Cc2cccnc2)cc1. The number of hydrogen-bond donors (Lipinski definition) is 1. The van der Waals surface area contributed by atoms with Gasteiger partial charge in [-0.1, -0.05) is 30.9 Å². The Hall–Kier alpha value is -4.26. The highest BCUT2D eigenvalue weighted by atomic mass is 16.5. The van der Waals surface area contributed by atoms with Crippen LogP contribution in [0, 0.1) is 0 Å². The van der Waals surface area contributed by atoms with E-state index in [9.17, 15) is 14.7 Å². The van der Waals surface area contributed by atoms with E-state index >= 15 is 0 Å². The van der Waals surface area contributed by atoms with Crippen LogP contribution in [0.2, 0.25) is 0 Å². The van der Waals surface area contributed by atoms with Crippen LogP contribution >= 0.6 is 0 Å². The number of carbonyl (C=O) groups excluding carboxylic acids is 2. The molecule has 32 heavy (non-hydrogen) atoms. The lowest BCUT2D eigenvalue weighted by atomic mass is 9.95. The molecule has 0 saturated carbocycles. The molecule has 7 heteroatoms. The molecular weight excluding hydrogens is 406 g/mol. The minimum Gasteiger partial charge on any atom is -0.507 e. The number of ketones is 1. The van der Waals surface area contributed by atoms with Gasteiger partial charge in [0, 0.05) is 36.9 Å². The van der Waals surface area contributed by atoms with E-state index in [0.717, 1.165) is 5.56 Å². The highest BCUT2D eigenvalue weighted by Gasteiger charge is 2.46. The number of rotatable bonds is 7. The largest absolute Gasteiger partial charge is 0.507 e. The van der Waals surface area contributed by atoms with Gasteiger partial charge in [0.25, 0.3) is 11.7 Å². The number of aliphatic hydroxyl groups is 1. The van der Waals surface area contributed by atoms with Crippen LogP contribution in [0.3, 0.4) is 0 Å². The Labute approximate surface area is 185 Å². The van der Waals surface area contributed by atoms with Gasteiger partial charge in [-0.25, -0.2) is 0 Å². The summed E-state index contributed by atoms with van der Waals surface area (Å²) in [6.07, 6.45) is 7.96. The fraction of sp³-hybridized carbons (Fsp3) is 0.120. The van der Waals surface area contributed by atoms with Crippen LogP contribution in [0.15, 0.2) is 91.5 Å². The first-order valence-electron chi connectivity index (χ1n) is 10.0. The van der Waals surface area contributed by atoms with Crippen molar-refractivity contribution in [2.24, 2.45) is 0 Å². The highest BCUT2D eigenvalue weighted by molar-refractivity contribution is 6.46. The fourth-order valence-corrected chi connectivity index (χ4v) is 3.64. The number of Topliss-reactive ketones (excluding diaryl/α,β-unsaturated/α-hetero) is 1. The molecular formula is C25H21N3O4. The zero-order valence-corrected chi connectivity index (χ0v) is 17.2. The predicted octanol–water partition coefficient (Wildman–Crippen LogP) is 3.66. The van der Waals surface area contributed by atoms with Gasteiger partial charge in [-0.3, -0.25) is 19.6 Å². The molecule has 0 radical (unpaired) electrons. The van der Waals surface area contributed by atoms with Crippen LogP contribution < -0.4 is 4.74 Å². The molecule has 3 heterocycles. The molecule has 1 aliphatic rings. The smallest absolute Gasteiger partial charge is 0.295 e. The Morgan fingerprint density at radius 2 is 1.81 bits per heavy atom. The lowest BCUT2D eigenvalue weighted by Gasteiger charge is -2.25. The van der Waals surface area contributed by atoms with Crippen molar-refractivity contribution in [3.8, 4) is 5.75 Å². The van der Waals surface area contributed by atoms with Crippen LogP contribution in [0.4, 0.5) is 0 Å². The molecule has 1 saturated heterocycles. The summed E-state index contributed by atoms with van der Waals surface area (Å²) in [4.78, 5) is 35.5. The van der Waals surface area contributed by atoms with Gasteiger partial charge in [0.1, 0.15) is 18.1 Å². The fourth-order valence-electron chi connectivity index (χ4n) is 3.64. The zero-order valence-electron chi connectivity index (χ0n) is 17.2. The highest BCUT2D eigenvalue weighted by Crippen LogP contribution is 2.40. The summed E-state index contributed by atoms with van der Waals surface area (Å²) in [5.41, 5.74) is 1.89. The molecule has 1 unspecified atom stereocenters. The zero-order chi connectivity index (χ0) is 22.5. The van der Waals surface area contributed by atoms with Gasteiger partial charge in [-0.05, 0) is 41.5 Å². The van der Waals surface area contributed by atoms with E-state index in [2.05, 4.69) is 16.5 Å². The van der Waals surface area contributed by atoms with Gasteiger partial charge >= 0.3 is 0 Å². The predicted molar refractivity (Wildman–Crippen MR) is 118 cm³/mol. The molecule has 0 spiro atoms. The first kappa shape index (κ1) is 21.0. The summed E-state index contributed by atoms with van der Waals surface area (Å²) in [7, 11) is 0. The molecule has 0 bridgehead atoms. The maximum Gasteiger partial charge on any atom is 0.295 e. The van der Waals surface area contributed by atoms with Crippen LogP contribution in [0.25, 0.3) is 5.76 Å². The van der Waals surface area contributed by atoms with E-state index in [4.69, 9.17) is 4.74 Å². The summed E-state index contributed by atoms with van der Waals surface area (Å²) >= 11 is 0. The van der Waals surface area contributed by atoms with Gasteiger partial charge in [0.05, 0.1) is 11.6 Å². The lowest BCUT2D eigenvalue weighted by molar-refractivity contribution is -0.140. The van der Waals surface area contributed by atoms with Gasteiger partial charge in [0.15, 0.2) is 0 Å². The number of aromatic nitrogens is 2.